The van der Waals surface area contributed by atoms with Crippen molar-refractivity contribution in [1.82, 2.24) is 9.88 Å². The number of rotatable bonds is 3. The van der Waals surface area contributed by atoms with Crippen molar-refractivity contribution in [2.45, 2.75) is 19.5 Å². The number of aromatic nitrogens is 1. The van der Waals surface area contributed by atoms with Crippen LogP contribution in [0.5, 0.6) is 0 Å². The van der Waals surface area contributed by atoms with Gasteiger partial charge in [-0.25, -0.2) is 9.78 Å². The Kier molecular flexibility index (Phi) is 3.31. The van der Waals surface area contributed by atoms with E-state index in [2.05, 4.69) is 22.0 Å². The number of hydrogen-bond acceptors (Lipinski definition) is 4. The van der Waals surface area contributed by atoms with E-state index in [1.807, 2.05) is 18.2 Å². The Morgan fingerprint density at radius 3 is 2.89 bits per heavy atom. The molecule has 1 aliphatic rings. The van der Waals surface area contributed by atoms with Crippen molar-refractivity contribution < 1.29 is 9.90 Å². The normalized spacial score (nSPS) is 15.2. The monoisotopic (exact) mass is 274 g/mol. The molecule has 0 radical (unpaired) electrons. The van der Waals surface area contributed by atoms with Gasteiger partial charge in [0, 0.05) is 30.9 Å². The summed E-state index contributed by atoms with van der Waals surface area (Å²) in [5.41, 5.74) is 2.25. The lowest BCUT2D eigenvalue weighted by Gasteiger charge is -2.25. The molecule has 0 amide bonds. The fraction of sp³-hybridized carbons (Fsp3) is 0.286. The number of hydrogen-bond donors (Lipinski definition) is 1. The zero-order chi connectivity index (χ0) is 13.2. The maximum absolute atomic E-state index is 10.9. The Hall–Kier alpha value is -1.72. The van der Waals surface area contributed by atoms with Crippen LogP contribution in [0.2, 0.25) is 0 Å². The highest BCUT2D eigenvalue weighted by atomic mass is 32.1. The van der Waals surface area contributed by atoms with Crippen molar-refractivity contribution in [2.75, 3.05) is 6.54 Å². The first kappa shape index (κ1) is 12.3. The quantitative estimate of drug-likeness (QED) is 0.933. The summed E-state index contributed by atoms with van der Waals surface area (Å²) in [4.78, 5) is 18.5. The smallest absolute Gasteiger partial charge is 0.365 e. The average Bonchev–Trinajstić information content (AvgIpc) is 2.83. The number of thiazole rings is 1. The molecule has 1 aromatic carbocycles. The maximum Gasteiger partial charge on any atom is 0.365 e. The Morgan fingerprint density at radius 2 is 2.16 bits per heavy atom. The zero-order valence-electron chi connectivity index (χ0n) is 10.4. The second-order valence-corrected chi connectivity index (χ2v) is 5.72. The van der Waals surface area contributed by atoms with Gasteiger partial charge in [0.05, 0.1) is 5.69 Å². The largest absolute Gasteiger partial charge is 0.476 e. The summed E-state index contributed by atoms with van der Waals surface area (Å²) in [6.45, 7) is 2.64. The standard InChI is InChI=1S/C14H14N2O2S/c17-14(18)13-15-11-6-7-16(9-12(11)19-13)8-10-4-2-1-3-5-10/h1-5H,6-9H2,(H,17,18). The van der Waals surface area contributed by atoms with Crippen molar-refractivity contribution in [3.05, 3.63) is 51.5 Å². The fourth-order valence-corrected chi connectivity index (χ4v) is 3.31. The first-order chi connectivity index (χ1) is 9.22. The molecule has 98 valence electrons. The van der Waals surface area contributed by atoms with Crippen molar-refractivity contribution in [1.29, 1.82) is 0 Å². The lowest BCUT2D eigenvalue weighted by atomic mass is 10.1. The van der Waals surface area contributed by atoms with E-state index in [1.54, 1.807) is 0 Å². The molecule has 3 rings (SSSR count). The number of carbonyl (C=O) groups is 1. The molecular formula is C14H14N2O2S. The molecule has 0 aliphatic carbocycles. The first-order valence-corrected chi connectivity index (χ1v) is 7.02. The summed E-state index contributed by atoms with van der Waals surface area (Å²) >= 11 is 1.31. The van der Waals surface area contributed by atoms with Crippen molar-refractivity contribution in [3.63, 3.8) is 0 Å². The molecule has 1 N–H and O–H groups in total. The average molecular weight is 274 g/mol. The van der Waals surface area contributed by atoms with Gasteiger partial charge in [0.15, 0.2) is 0 Å². The molecule has 2 heterocycles. The van der Waals surface area contributed by atoms with Gasteiger partial charge in [-0.3, -0.25) is 4.90 Å². The number of aromatic carboxylic acids is 1. The van der Waals surface area contributed by atoms with E-state index in [0.29, 0.717) is 0 Å². The van der Waals surface area contributed by atoms with Crippen LogP contribution in [0.25, 0.3) is 0 Å². The summed E-state index contributed by atoms with van der Waals surface area (Å²) in [6, 6.07) is 10.3. The van der Waals surface area contributed by atoms with E-state index < -0.39 is 5.97 Å². The molecule has 0 saturated carbocycles. The van der Waals surface area contributed by atoms with Crippen LogP contribution in [0, 0.1) is 0 Å². The molecule has 5 heteroatoms. The molecule has 0 fully saturated rings. The third kappa shape index (κ3) is 2.67. The molecule has 0 saturated heterocycles. The van der Waals surface area contributed by atoms with Crippen LogP contribution in [-0.2, 0) is 19.5 Å². The highest BCUT2D eigenvalue weighted by Gasteiger charge is 2.22. The molecule has 0 spiro atoms. The summed E-state index contributed by atoms with van der Waals surface area (Å²) in [5, 5.41) is 9.18. The summed E-state index contributed by atoms with van der Waals surface area (Å²) < 4.78 is 0. The van der Waals surface area contributed by atoms with E-state index in [9.17, 15) is 4.79 Å². The second-order valence-electron chi connectivity index (χ2n) is 4.64. The molecular weight excluding hydrogens is 260 g/mol. The van der Waals surface area contributed by atoms with Gasteiger partial charge in [0.25, 0.3) is 0 Å². The molecule has 0 atom stereocenters. The minimum Gasteiger partial charge on any atom is -0.476 e. The first-order valence-electron chi connectivity index (χ1n) is 6.20. The van der Waals surface area contributed by atoms with Crippen LogP contribution in [0.4, 0.5) is 0 Å². The topological polar surface area (TPSA) is 53.4 Å². The summed E-state index contributed by atoms with van der Waals surface area (Å²) in [7, 11) is 0. The van der Waals surface area contributed by atoms with E-state index in [4.69, 9.17) is 5.11 Å². The zero-order valence-corrected chi connectivity index (χ0v) is 11.2. The highest BCUT2D eigenvalue weighted by Crippen LogP contribution is 2.26. The fourth-order valence-electron chi connectivity index (χ4n) is 2.32. The number of benzene rings is 1. The Labute approximate surface area is 115 Å². The summed E-state index contributed by atoms with van der Waals surface area (Å²) in [6.07, 6.45) is 0.839. The summed E-state index contributed by atoms with van der Waals surface area (Å²) in [5.74, 6) is -0.922. The van der Waals surface area contributed by atoms with E-state index >= 15 is 0 Å². The van der Waals surface area contributed by atoms with Crippen LogP contribution in [0.3, 0.4) is 0 Å². The van der Waals surface area contributed by atoms with Gasteiger partial charge in [-0.2, -0.15) is 0 Å². The van der Waals surface area contributed by atoms with Gasteiger partial charge in [0.1, 0.15) is 0 Å². The number of carboxylic acids is 1. The Balaban J connectivity index is 1.73. The molecule has 19 heavy (non-hydrogen) atoms. The van der Waals surface area contributed by atoms with E-state index in [1.165, 1.54) is 16.9 Å². The van der Waals surface area contributed by atoms with Gasteiger partial charge in [0.2, 0.25) is 5.01 Å². The molecule has 1 aliphatic heterocycles. The third-order valence-corrected chi connectivity index (χ3v) is 4.31. The van der Waals surface area contributed by atoms with Gasteiger partial charge in [-0.15, -0.1) is 11.3 Å². The maximum atomic E-state index is 10.9. The minimum absolute atomic E-state index is 0.214. The minimum atomic E-state index is -0.922. The molecule has 2 aromatic rings. The lowest BCUT2D eigenvalue weighted by molar-refractivity contribution is 0.0696. The number of fused-ring (bicyclic) bond motifs is 1. The van der Waals surface area contributed by atoms with Crippen LogP contribution < -0.4 is 0 Å². The van der Waals surface area contributed by atoms with Crippen molar-refractivity contribution in [3.8, 4) is 0 Å². The van der Waals surface area contributed by atoms with E-state index in [0.717, 1.165) is 36.6 Å². The number of nitrogens with zero attached hydrogens (tertiary/aromatic N) is 2. The molecule has 4 nitrogen and oxygen atoms in total. The predicted octanol–water partition coefficient (Wildman–Crippen LogP) is 2.40. The van der Waals surface area contributed by atoms with Gasteiger partial charge in [-0.1, -0.05) is 30.3 Å². The van der Waals surface area contributed by atoms with Crippen LogP contribution in [0.1, 0.15) is 25.9 Å². The highest BCUT2D eigenvalue weighted by molar-refractivity contribution is 7.13. The molecule has 0 unspecified atom stereocenters. The van der Waals surface area contributed by atoms with Gasteiger partial charge in [-0.05, 0) is 5.56 Å². The van der Waals surface area contributed by atoms with Crippen LogP contribution in [0.15, 0.2) is 30.3 Å². The van der Waals surface area contributed by atoms with Crippen LogP contribution in [-0.4, -0.2) is 27.5 Å². The lowest BCUT2D eigenvalue weighted by Crippen LogP contribution is -2.29. The Morgan fingerprint density at radius 1 is 1.37 bits per heavy atom. The SMILES string of the molecule is O=C(O)c1nc2c(s1)CN(Cc1ccccc1)CC2. The second kappa shape index (κ2) is 5.11. The third-order valence-electron chi connectivity index (χ3n) is 3.24. The molecule has 0 bridgehead atoms. The van der Waals surface area contributed by atoms with Crippen molar-refractivity contribution >= 4 is 17.3 Å². The van der Waals surface area contributed by atoms with Gasteiger partial charge >= 0.3 is 5.97 Å². The number of carboxylic acid groups (broad SMARTS) is 1. The van der Waals surface area contributed by atoms with E-state index in [-0.39, 0.29) is 5.01 Å². The predicted molar refractivity (Wildman–Crippen MR) is 73.3 cm³/mol. The van der Waals surface area contributed by atoms with Crippen LogP contribution >= 0.6 is 11.3 Å². The molecule has 1 aromatic heterocycles. The Bertz CT molecular complexity index is 595. The van der Waals surface area contributed by atoms with Gasteiger partial charge < -0.3 is 5.11 Å². The van der Waals surface area contributed by atoms with Crippen molar-refractivity contribution in [2.24, 2.45) is 0 Å².